The molecule has 0 aromatic heterocycles. The van der Waals surface area contributed by atoms with E-state index in [0.717, 1.165) is 11.1 Å². The number of likely N-dealkylation sites (N-methyl/N-ethyl adjacent to an activating group) is 1. The largest absolute Gasteiger partial charge is 0.386 e. The summed E-state index contributed by atoms with van der Waals surface area (Å²) in [5, 5.41) is 13.6. The smallest absolute Gasteiger partial charge is 0.220 e. The van der Waals surface area contributed by atoms with Crippen LogP contribution in [0.1, 0.15) is 65.5 Å². The number of carbonyl (C=O) groups excluding carboxylic acids is 2. The second kappa shape index (κ2) is 15.1. The molecule has 1 aromatic rings. The molecule has 0 heterocycles. The van der Waals surface area contributed by atoms with Crippen molar-refractivity contribution in [1.82, 2.24) is 10.6 Å². The Morgan fingerprint density at radius 3 is 2.17 bits per heavy atom. The molecule has 0 radical (unpaired) electrons. The lowest BCUT2D eigenvalue weighted by Gasteiger charge is -2.18. The van der Waals surface area contributed by atoms with E-state index in [9.17, 15) is 9.59 Å². The van der Waals surface area contributed by atoms with E-state index in [-0.39, 0.29) is 29.5 Å². The van der Waals surface area contributed by atoms with E-state index in [1.165, 1.54) is 0 Å². The van der Waals surface area contributed by atoms with Gasteiger partial charge in [-0.3, -0.25) is 9.59 Å². The van der Waals surface area contributed by atoms with E-state index in [1.807, 2.05) is 58.9 Å². The van der Waals surface area contributed by atoms with E-state index >= 15 is 0 Å². The monoisotopic (exact) mass is 418 g/mol. The SMILES string of the molecule is CC.CCNC(CCC(=O)NCc1ccc(/C(N)=N/N=C(/C)N)cc1)C(=O)C(C)C. The fourth-order valence-corrected chi connectivity index (χ4v) is 2.54. The topological polar surface area (TPSA) is 135 Å². The van der Waals surface area contributed by atoms with Gasteiger partial charge in [-0.05, 0) is 25.5 Å². The molecule has 1 rings (SSSR count). The minimum atomic E-state index is -0.280. The van der Waals surface area contributed by atoms with Crippen LogP contribution in [-0.4, -0.2) is 35.9 Å². The third-order valence-electron chi connectivity index (χ3n) is 4.08. The molecule has 1 amide bonds. The molecule has 0 aliphatic heterocycles. The van der Waals surface area contributed by atoms with Crippen molar-refractivity contribution in [3.63, 3.8) is 0 Å². The molecule has 1 unspecified atom stereocenters. The van der Waals surface area contributed by atoms with E-state index in [0.29, 0.717) is 31.8 Å². The van der Waals surface area contributed by atoms with Gasteiger partial charge in [0.25, 0.3) is 0 Å². The van der Waals surface area contributed by atoms with Crippen LogP contribution in [0.4, 0.5) is 0 Å². The van der Waals surface area contributed by atoms with Gasteiger partial charge in [-0.15, -0.1) is 10.2 Å². The summed E-state index contributed by atoms with van der Waals surface area (Å²) in [6.07, 6.45) is 0.786. The number of nitrogens with zero attached hydrogens (tertiary/aromatic N) is 2. The fraction of sp³-hybridized carbons (Fsp3) is 0.545. The predicted octanol–water partition coefficient (Wildman–Crippen LogP) is 2.31. The Morgan fingerprint density at radius 2 is 1.67 bits per heavy atom. The van der Waals surface area contributed by atoms with Gasteiger partial charge in [-0.1, -0.05) is 58.9 Å². The molecule has 8 nitrogen and oxygen atoms in total. The van der Waals surface area contributed by atoms with Crippen LogP contribution in [0.5, 0.6) is 0 Å². The Bertz CT molecular complexity index is 707. The van der Waals surface area contributed by atoms with Crippen molar-refractivity contribution in [2.24, 2.45) is 27.6 Å². The minimum absolute atomic E-state index is 0.0546. The van der Waals surface area contributed by atoms with Crippen LogP contribution in [0.25, 0.3) is 0 Å². The number of rotatable bonds is 11. The van der Waals surface area contributed by atoms with E-state index in [2.05, 4.69) is 20.8 Å². The van der Waals surface area contributed by atoms with Crippen molar-refractivity contribution in [1.29, 1.82) is 0 Å². The molecular weight excluding hydrogens is 380 g/mol. The molecule has 1 atom stereocenters. The van der Waals surface area contributed by atoms with Crippen molar-refractivity contribution in [2.75, 3.05) is 6.54 Å². The third-order valence-corrected chi connectivity index (χ3v) is 4.08. The quantitative estimate of drug-likeness (QED) is 0.248. The molecule has 0 aliphatic rings. The van der Waals surface area contributed by atoms with E-state index in [1.54, 1.807) is 6.92 Å². The van der Waals surface area contributed by atoms with Gasteiger partial charge in [0.2, 0.25) is 5.91 Å². The molecule has 30 heavy (non-hydrogen) atoms. The first kappa shape index (κ1) is 27.3. The van der Waals surface area contributed by atoms with Gasteiger partial charge in [0.05, 0.1) is 6.04 Å². The Kier molecular flexibility index (Phi) is 13.8. The number of carbonyl (C=O) groups is 2. The average Bonchev–Trinajstić information content (AvgIpc) is 2.74. The highest BCUT2D eigenvalue weighted by atomic mass is 16.1. The van der Waals surface area contributed by atoms with Crippen molar-refractivity contribution in [3.8, 4) is 0 Å². The molecule has 0 spiro atoms. The van der Waals surface area contributed by atoms with Crippen LogP contribution in [0.15, 0.2) is 34.5 Å². The number of nitrogens with two attached hydrogens (primary N) is 2. The van der Waals surface area contributed by atoms with Crippen molar-refractivity contribution < 1.29 is 9.59 Å². The van der Waals surface area contributed by atoms with Gasteiger partial charge in [0.1, 0.15) is 5.84 Å². The number of hydrogen-bond acceptors (Lipinski definition) is 5. The molecule has 1 aromatic carbocycles. The molecule has 8 heteroatoms. The molecule has 0 bridgehead atoms. The highest BCUT2D eigenvalue weighted by Gasteiger charge is 2.20. The third kappa shape index (κ3) is 10.7. The zero-order chi connectivity index (χ0) is 23.1. The van der Waals surface area contributed by atoms with Crippen LogP contribution in [0.2, 0.25) is 0 Å². The van der Waals surface area contributed by atoms with Gasteiger partial charge >= 0.3 is 0 Å². The number of amidine groups is 2. The summed E-state index contributed by atoms with van der Waals surface area (Å²) in [6, 6.07) is 7.06. The van der Waals surface area contributed by atoms with Gasteiger partial charge in [-0.2, -0.15) is 0 Å². The number of Topliss-reactive ketones (excluding diaryl/α,β-unsaturated/α-hetero) is 1. The van der Waals surface area contributed by atoms with Crippen molar-refractivity contribution in [3.05, 3.63) is 35.4 Å². The lowest BCUT2D eigenvalue weighted by atomic mass is 9.98. The second-order valence-electron chi connectivity index (χ2n) is 6.91. The normalized spacial score (nSPS) is 12.8. The first-order valence-electron chi connectivity index (χ1n) is 10.5. The number of nitrogens with one attached hydrogen (secondary N) is 2. The fourth-order valence-electron chi connectivity index (χ4n) is 2.54. The first-order chi connectivity index (χ1) is 14.2. The van der Waals surface area contributed by atoms with Crippen LogP contribution in [-0.2, 0) is 16.1 Å². The Balaban J connectivity index is 0.00000407. The van der Waals surface area contributed by atoms with Gasteiger partial charge in [0, 0.05) is 24.4 Å². The molecule has 0 aliphatic carbocycles. The second-order valence-corrected chi connectivity index (χ2v) is 6.91. The maximum atomic E-state index is 12.2. The van der Waals surface area contributed by atoms with Crippen molar-refractivity contribution in [2.45, 2.75) is 67.0 Å². The molecule has 6 N–H and O–H groups in total. The Morgan fingerprint density at radius 1 is 1.07 bits per heavy atom. The summed E-state index contributed by atoms with van der Waals surface area (Å²) in [7, 11) is 0. The highest BCUT2D eigenvalue weighted by Crippen LogP contribution is 2.08. The summed E-state index contributed by atoms with van der Waals surface area (Å²) >= 11 is 0. The van der Waals surface area contributed by atoms with E-state index < -0.39 is 0 Å². The van der Waals surface area contributed by atoms with Gasteiger partial charge in [0.15, 0.2) is 11.6 Å². The van der Waals surface area contributed by atoms with Crippen LogP contribution < -0.4 is 22.1 Å². The highest BCUT2D eigenvalue weighted by molar-refractivity contribution is 5.97. The summed E-state index contributed by atoms with van der Waals surface area (Å²) in [4.78, 5) is 24.3. The minimum Gasteiger partial charge on any atom is -0.386 e. The van der Waals surface area contributed by atoms with E-state index in [4.69, 9.17) is 11.5 Å². The van der Waals surface area contributed by atoms with Crippen LogP contribution in [0.3, 0.4) is 0 Å². The molecule has 0 saturated heterocycles. The number of benzene rings is 1. The zero-order valence-electron chi connectivity index (χ0n) is 19.2. The summed E-state index contributed by atoms with van der Waals surface area (Å²) in [5.74, 6) is 0.593. The molecular formula is C22H38N6O2. The average molecular weight is 419 g/mol. The lowest BCUT2D eigenvalue weighted by Crippen LogP contribution is -2.40. The zero-order valence-corrected chi connectivity index (χ0v) is 19.2. The number of hydrogen-bond donors (Lipinski definition) is 4. The standard InChI is InChI=1S/C20H32N6O2.C2H6/c1-5-23-17(19(28)13(2)3)10-11-18(27)24-12-15-6-8-16(9-7-15)20(22)26-25-14(4)21;1-2/h6-9,13,17,23H,5,10-12H2,1-4H3,(H2,21,25)(H2,22,26)(H,24,27);1-2H3. The lowest BCUT2D eigenvalue weighted by molar-refractivity contribution is -0.124. The van der Waals surface area contributed by atoms with Crippen molar-refractivity contribution >= 4 is 23.4 Å². The molecule has 0 fully saturated rings. The Hall–Kier alpha value is -2.74. The predicted molar refractivity (Wildman–Crippen MR) is 124 cm³/mol. The molecule has 0 saturated carbocycles. The van der Waals surface area contributed by atoms with Crippen LogP contribution in [0, 0.1) is 5.92 Å². The first-order valence-corrected chi connectivity index (χ1v) is 10.5. The number of ketones is 1. The molecule has 168 valence electrons. The van der Waals surface area contributed by atoms with Gasteiger partial charge < -0.3 is 22.1 Å². The summed E-state index contributed by atoms with van der Waals surface area (Å²) < 4.78 is 0. The Labute approximate surface area is 180 Å². The maximum Gasteiger partial charge on any atom is 0.220 e. The summed E-state index contributed by atoms with van der Waals surface area (Å²) in [5.41, 5.74) is 12.9. The summed E-state index contributed by atoms with van der Waals surface area (Å²) in [6.45, 7) is 12.4. The number of amides is 1. The van der Waals surface area contributed by atoms with Crippen LogP contribution >= 0.6 is 0 Å². The van der Waals surface area contributed by atoms with Gasteiger partial charge in [-0.25, -0.2) is 0 Å². The maximum absolute atomic E-state index is 12.2.